The number of hydrogen-bond acceptors (Lipinski definition) is 0. The van der Waals surface area contributed by atoms with Crippen LogP contribution in [0.3, 0.4) is 0 Å². The lowest BCUT2D eigenvalue weighted by Gasteiger charge is -2.01. The van der Waals surface area contributed by atoms with Crippen LogP contribution in [-0.4, -0.2) is 6.69 Å². The summed E-state index contributed by atoms with van der Waals surface area (Å²) < 4.78 is 0. The zero-order valence-corrected chi connectivity index (χ0v) is 13.2. The smallest absolute Gasteiger partial charge is 0.146 e. The first-order valence-electron chi connectivity index (χ1n) is 6.01. The predicted octanol–water partition coefficient (Wildman–Crippen LogP) is 5.91. The fourth-order valence-electron chi connectivity index (χ4n) is 1.26. The Balaban J connectivity index is 0.000000232. The second-order valence-electron chi connectivity index (χ2n) is 4.16. The van der Waals surface area contributed by atoms with Crippen molar-refractivity contribution in [1.29, 1.82) is 0 Å². The third-order valence-electron chi connectivity index (χ3n) is 2.50. The third kappa shape index (κ3) is 6.25. The summed E-state index contributed by atoms with van der Waals surface area (Å²) in [6.07, 6.45) is 0. The van der Waals surface area contributed by atoms with Gasteiger partial charge in [0.25, 0.3) is 0 Å². The lowest BCUT2D eigenvalue weighted by atomic mass is 10.1. The van der Waals surface area contributed by atoms with Crippen molar-refractivity contribution in [1.82, 2.24) is 0 Å². The highest BCUT2D eigenvalue weighted by atomic mass is 35.7. The molecule has 0 spiro atoms. The molecule has 0 atom stereocenters. The second kappa shape index (κ2) is 7.62. The molecule has 2 aromatic rings. The Morgan fingerprint density at radius 1 is 0.778 bits per heavy atom. The predicted molar refractivity (Wildman–Crippen MR) is 85.7 cm³/mol. The largest absolute Gasteiger partial charge is 0.248 e. The van der Waals surface area contributed by atoms with Crippen LogP contribution in [0.25, 0.3) is 11.1 Å². The van der Waals surface area contributed by atoms with Crippen LogP contribution < -0.4 is 0 Å². The lowest BCUT2D eigenvalue weighted by molar-refractivity contribution is 1.43. The van der Waals surface area contributed by atoms with Crippen LogP contribution in [0, 0.1) is 0 Å². The van der Waals surface area contributed by atoms with Gasteiger partial charge in [0.1, 0.15) is 0 Å². The zero-order valence-electron chi connectivity index (χ0n) is 10.7. The van der Waals surface area contributed by atoms with Crippen molar-refractivity contribution < 1.29 is 0 Å². The molecule has 96 valence electrons. The van der Waals surface area contributed by atoms with Gasteiger partial charge in [0.15, 0.2) is 0 Å². The highest BCUT2D eigenvalue weighted by molar-refractivity contribution is 7.44. The van der Waals surface area contributed by atoms with Gasteiger partial charge >= 0.3 is 0 Å². The topological polar surface area (TPSA) is 0 Å². The Morgan fingerprint density at radius 2 is 1.06 bits per heavy atom. The Morgan fingerprint density at radius 3 is 1.28 bits per heavy atom. The van der Waals surface area contributed by atoms with Gasteiger partial charge in [-0.05, 0) is 23.7 Å². The van der Waals surface area contributed by atoms with Crippen molar-refractivity contribution in [2.45, 2.75) is 19.5 Å². The summed E-state index contributed by atoms with van der Waals surface area (Å²) in [4.78, 5) is 0. The number of hydrogen-bond donors (Lipinski definition) is 0. The first-order valence-corrected chi connectivity index (χ1v) is 10.7. The SMILES string of the molecule is CC[Si](C)(Cl)Cl.c1ccc(-c2ccccc2)cc1. The van der Waals surface area contributed by atoms with Gasteiger partial charge in [-0.2, -0.15) is 0 Å². The first kappa shape index (κ1) is 15.3. The van der Waals surface area contributed by atoms with Crippen LogP contribution in [-0.2, 0) is 0 Å². The van der Waals surface area contributed by atoms with Gasteiger partial charge < -0.3 is 0 Å². The van der Waals surface area contributed by atoms with Crippen molar-refractivity contribution in [3.8, 4) is 11.1 Å². The highest BCUT2D eigenvalue weighted by Crippen LogP contribution is 2.18. The number of benzene rings is 2. The van der Waals surface area contributed by atoms with Gasteiger partial charge in [0.05, 0.1) is 0 Å². The summed E-state index contributed by atoms with van der Waals surface area (Å²) in [6.45, 7) is 2.23. The molecule has 0 fully saturated rings. The van der Waals surface area contributed by atoms with E-state index in [1.807, 2.05) is 25.6 Å². The zero-order chi connectivity index (χ0) is 13.4. The van der Waals surface area contributed by atoms with E-state index in [0.717, 1.165) is 6.04 Å². The van der Waals surface area contributed by atoms with Crippen LogP contribution in [0.4, 0.5) is 0 Å². The molecule has 2 rings (SSSR count). The van der Waals surface area contributed by atoms with E-state index in [2.05, 4.69) is 48.5 Å². The van der Waals surface area contributed by atoms with Crippen LogP contribution in [0.1, 0.15) is 6.92 Å². The molecule has 0 aliphatic rings. The first-order chi connectivity index (χ1) is 8.53. The maximum atomic E-state index is 5.62. The molecule has 0 aliphatic carbocycles. The molecule has 0 bridgehead atoms. The number of rotatable bonds is 2. The fraction of sp³-hybridized carbons (Fsp3) is 0.200. The normalized spacial score (nSPS) is 10.4. The summed E-state index contributed by atoms with van der Waals surface area (Å²) in [5, 5.41) is 0. The summed E-state index contributed by atoms with van der Waals surface area (Å²) in [7, 11) is 0. The molecule has 0 nitrogen and oxygen atoms in total. The minimum Gasteiger partial charge on any atom is -0.146 e. The summed E-state index contributed by atoms with van der Waals surface area (Å²) in [5.74, 6) is 0. The minimum atomic E-state index is -1.69. The van der Waals surface area contributed by atoms with Crippen molar-refractivity contribution in [3.63, 3.8) is 0 Å². The summed E-state index contributed by atoms with van der Waals surface area (Å²) in [5.41, 5.74) is 2.55. The summed E-state index contributed by atoms with van der Waals surface area (Å²) in [6, 6.07) is 21.7. The molecule has 2 aromatic carbocycles. The molecule has 0 aromatic heterocycles. The van der Waals surface area contributed by atoms with Crippen molar-refractivity contribution in [3.05, 3.63) is 60.7 Å². The lowest BCUT2D eigenvalue weighted by Crippen LogP contribution is -2.08. The van der Waals surface area contributed by atoms with Crippen molar-refractivity contribution >= 4 is 28.9 Å². The van der Waals surface area contributed by atoms with E-state index in [1.165, 1.54) is 11.1 Å². The Kier molecular flexibility index (Phi) is 6.48. The summed E-state index contributed by atoms with van der Waals surface area (Å²) >= 11 is 11.2. The van der Waals surface area contributed by atoms with Crippen molar-refractivity contribution in [2.24, 2.45) is 0 Å². The quantitative estimate of drug-likeness (QED) is 0.477. The molecule has 3 heteroatoms. The van der Waals surface area contributed by atoms with Gasteiger partial charge in [0.2, 0.25) is 6.69 Å². The average molecular weight is 297 g/mol. The van der Waals surface area contributed by atoms with Gasteiger partial charge in [-0.3, -0.25) is 0 Å². The van der Waals surface area contributed by atoms with Crippen molar-refractivity contribution in [2.75, 3.05) is 0 Å². The van der Waals surface area contributed by atoms with E-state index >= 15 is 0 Å². The maximum absolute atomic E-state index is 5.62. The van der Waals surface area contributed by atoms with Gasteiger partial charge in [-0.15, -0.1) is 22.2 Å². The molecule has 18 heavy (non-hydrogen) atoms. The maximum Gasteiger partial charge on any atom is 0.248 e. The van der Waals surface area contributed by atoms with Crippen LogP contribution in [0.5, 0.6) is 0 Å². The highest BCUT2D eigenvalue weighted by Gasteiger charge is 2.15. The van der Waals surface area contributed by atoms with Crippen LogP contribution in [0.2, 0.25) is 12.6 Å². The van der Waals surface area contributed by atoms with E-state index in [-0.39, 0.29) is 0 Å². The average Bonchev–Trinajstić information content (AvgIpc) is 2.41. The molecule has 0 saturated carbocycles. The molecule has 0 radical (unpaired) electrons. The number of halogens is 2. The molecule has 0 saturated heterocycles. The molecule has 0 N–H and O–H groups in total. The fourth-order valence-corrected chi connectivity index (χ4v) is 1.26. The molecule has 0 amide bonds. The van der Waals surface area contributed by atoms with E-state index in [1.54, 1.807) is 0 Å². The Hall–Kier alpha value is -0.763. The Labute approximate surface area is 120 Å². The Bertz CT molecular complexity index is 398. The minimum absolute atomic E-state index is 0.941. The van der Waals surface area contributed by atoms with Gasteiger partial charge in [-0.1, -0.05) is 67.6 Å². The third-order valence-corrected chi connectivity index (χ3v) is 5.35. The van der Waals surface area contributed by atoms with E-state index in [9.17, 15) is 0 Å². The van der Waals surface area contributed by atoms with E-state index in [0.29, 0.717) is 0 Å². The molecule has 0 heterocycles. The molecule has 0 unspecified atom stereocenters. The second-order valence-corrected chi connectivity index (χ2v) is 12.6. The standard InChI is InChI=1S/C12H10.C3H8Cl2Si/c1-3-7-11(8-4-1)12-9-5-2-6-10-12;1-3-6(2,4)5/h1-10H;3H2,1-2H3. The van der Waals surface area contributed by atoms with Crippen LogP contribution >= 0.6 is 22.2 Å². The van der Waals surface area contributed by atoms with Gasteiger partial charge in [0, 0.05) is 0 Å². The molecular formula is C15H18Cl2Si. The molecule has 0 aliphatic heterocycles. The van der Waals surface area contributed by atoms with Gasteiger partial charge in [-0.25, -0.2) is 0 Å². The van der Waals surface area contributed by atoms with E-state index < -0.39 is 6.69 Å². The van der Waals surface area contributed by atoms with Crippen LogP contribution in [0.15, 0.2) is 60.7 Å². The monoisotopic (exact) mass is 296 g/mol. The molecular weight excluding hydrogens is 279 g/mol. The van der Waals surface area contributed by atoms with E-state index in [4.69, 9.17) is 22.2 Å².